The van der Waals surface area contributed by atoms with Gasteiger partial charge in [0.05, 0.1) is 25.8 Å². The topological polar surface area (TPSA) is 80.1 Å². The number of rotatable bonds is 7. The van der Waals surface area contributed by atoms with E-state index in [1.54, 1.807) is 18.2 Å². The van der Waals surface area contributed by atoms with Crippen molar-refractivity contribution in [2.45, 2.75) is 51.9 Å². The summed E-state index contributed by atoms with van der Waals surface area (Å²) in [7, 11) is 1.65. The van der Waals surface area contributed by atoms with Crippen LogP contribution in [0.3, 0.4) is 0 Å². The molecule has 1 N–H and O–H groups in total. The Kier molecular flexibility index (Phi) is 6.21. The van der Waals surface area contributed by atoms with Crippen LogP contribution in [0.2, 0.25) is 0 Å². The van der Waals surface area contributed by atoms with Crippen molar-refractivity contribution >= 4 is 5.91 Å². The highest BCUT2D eigenvalue weighted by molar-refractivity contribution is 5.84. The maximum atomic E-state index is 13.3. The number of hydrazine groups is 1. The number of carbonyl (C=O) groups excluding carboxylic acids is 1. The van der Waals surface area contributed by atoms with Crippen LogP contribution < -0.4 is 14.9 Å². The monoisotopic (exact) mass is 474 g/mol. The Morgan fingerprint density at radius 1 is 1.09 bits per heavy atom. The Morgan fingerprint density at radius 3 is 2.49 bits per heavy atom. The van der Waals surface area contributed by atoms with Crippen LogP contribution in [0, 0.1) is 6.92 Å². The average molecular weight is 475 g/mol. The third-order valence-corrected chi connectivity index (χ3v) is 6.28. The number of methoxy groups -OCH3 is 1. The molecule has 182 valence electrons. The molecule has 8 heteroatoms. The molecule has 5 rings (SSSR count). The summed E-state index contributed by atoms with van der Waals surface area (Å²) in [6, 6.07) is 15.4. The van der Waals surface area contributed by atoms with E-state index in [1.807, 2.05) is 80.5 Å². The molecule has 8 nitrogen and oxygen atoms in total. The summed E-state index contributed by atoms with van der Waals surface area (Å²) in [5, 5.41) is 1.90. The smallest absolute Gasteiger partial charge is 0.251 e. The zero-order chi connectivity index (χ0) is 24.5. The van der Waals surface area contributed by atoms with Gasteiger partial charge in [0.2, 0.25) is 5.89 Å². The van der Waals surface area contributed by atoms with Crippen LogP contribution in [0.1, 0.15) is 43.3 Å². The molecular formula is C27H30N4O4. The van der Waals surface area contributed by atoms with Crippen molar-refractivity contribution in [1.29, 1.82) is 0 Å². The number of benzene rings is 2. The van der Waals surface area contributed by atoms with Crippen LogP contribution >= 0.6 is 0 Å². The van der Waals surface area contributed by atoms with Crippen molar-refractivity contribution in [2.75, 3.05) is 7.11 Å². The molecule has 2 aliphatic rings. The van der Waals surface area contributed by atoms with Gasteiger partial charge in [-0.1, -0.05) is 12.1 Å². The zero-order valence-electron chi connectivity index (χ0n) is 20.4. The van der Waals surface area contributed by atoms with Gasteiger partial charge in [-0.3, -0.25) is 4.79 Å². The number of fused-ring (bicyclic) bond motifs is 1. The molecule has 2 atom stereocenters. The number of nitrogens with zero attached hydrogens (tertiary/aromatic N) is 3. The normalized spacial score (nSPS) is 19.4. The molecule has 1 fully saturated rings. The maximum absolute atomic E-state index is 13.3. The molecule has 3 heterocycles. The molecule has 1 aromatic heterocycles. The fourth-order valence-corrected chi connectivity index (χ4v) is 4.43. The van der Waals surface area contributed by atoms with E-state index in [2.05, 4.69) is 10.4 Å². The fourth-order valence-electron chi connectivity index (χ4n) is 4.43. The zero-order valence-corrected chi connectivity index (χ0v) is 20.4. The second-order valence-electron chi connectivity index (χ2n) is 9.09. The van der Waals surface area contributed by atoms with Gasteiger partial charge in [0, 0.05) is 18.0 Å². The predicted octanol–water partition coefficient (Wildman–Crippen LogP) is 4.58. The third kappa shape index (κ3) is 4.74. The summed E-state index contributed by atoms with van der Waals surface area (Å²) in [5.41, 5.74) is 6.16. The highest BCUT2D eigenvalue weighted by Crippen LogP contribution is 2.32. The van der Waals surface area contributed by atoms with E-state index in [-0.39, 0.29) is 24.1 Å². The van der Waals surface area contributed by atoms with Crippen LogP contribution in [0.4, 0.5) is 0 Å². The van der Waals surface area contributed by atoms with Crippen LogP contribution in [-0.2, 0) is 11.3 Å². The predicted molar refractivity (Wildman–Crippen MR) is 131 cm³/mol. The number of aryl methyl sites for hydroxylation is 1. The number of nitrogens with one attached hydrogen (secondary N) is 1. The molecule has 2 aromatic carbocycles. The lowest BCUT2D eigenvalue weighted by molar-refractivity contribution is -0.135. The third-order valence-electron chi connectivity index (χ3n) is 6.28. The average Bonchev–Trinajstić information content (AvgIpc) is 3.45. The first-order valence-corrected chi connectivity index (χ1v) is 11.8. The molecule has 0 aliphatic carbocycles. The van der Waals surface area contributed by atoms with Crippen LogP contribution in [0.15, 0.2) is 65.3 Å². The summed E-state index contributed by atoms with van der Waals surface area (Å²) in [4.78, 5) is 19.7. The minimum absolute atomic E-state index is 0.0372. The molecule has 2 aliphatic heterocycles. The van der Waals surface area contributed by atoms with Gasteiger partial charge in [0.15, 0.2) is 0 Å². The van der Waals surface area contributed by atoms with Crippen LogP contribution in [0.5, 0.6) is 11.5 Å². The van der Waals surface area contributed by atoms with E-state index in [0.717, 1.165) is 28.3 Å². The summed E-state index contributed by atoms with van der Waals surface area (Å²) < 4.78 is 16.9. The number of hydrogen-bond acceptors (Lipinski definition) is 7. The van der Waals surface area contributed by atoms with E-state index in [4.69, 9.17) is 13.9 Å². The molecule has 0 radical (unpaired) electrons. The summed E-state index contributed by atoms with van der Waals surface area (Å²) >= 11 is 0. The molecular weight excluding hydrogens is 444 g/mol. The molecule has 0 bridgehead atoms. The summed E-state index contributed by atoms with van der Waals surface area (Å²) in [6.45, 7) is 6.22. The minimum Gasteiger partial charge on any atom is -0.497 e. The van der Waals surface area contributed by atoms with E-state index >= 15 is 0 Å². The maximum Gasteiger partial charge on any atom is 0.251 e. The first-order chi connectivity index (χ1) is 16.9. The van der Waals surface area contributed by atoms with Crippen molar-refractivity contribution in [3.63, 3.8) is 0 Å². The SMILES string of the molecule is COc1ccc(C2CC3C(=O)N(Cc4nc(-c5ccc(OC(C)C)cc5)oc4C)C=CN3N2)cc1. The highest BCUT2D eigenvalue weighted by atomic mass is 16.5. The lowest BCUT2D eigenvalue weighted by Gasteiger charge is -2.31. The molecule has 35 heavy (non-hydrogen) atoms. The molecule has 0 saturated carbocycles. The Hall–Kier alpha value is -3.78. The van der Waals surface area contributed by atoms with E-state index < -0.39 is 0 Å². The van der Waals surface area contributed by atoms with Crippen LogP contribution in [-0.4, -0.2) is 40.1 Å². The summed E-state index contributed by atoms with van der Waals surface area (Å²) in [5.74, 6) is 2.89. The summed E-state index contributed by atoms with van der Waals surface area (Å²) in [6.07, 6.45) is 4.51. The lowest BCUT2D eigenvalue weighted by atomic mass is 10.0. The number of aromatic nitrogens is 1. The first kappa shape index (κ1) is 23.0. The van der Waals surface area contributed by atoms with Gasteiger partial charge in [-0.15, -0.1) is 0 Å². The number of oxazole rings is 1. The Labute approximate surface area is 205 Å². The second kappa shape index (κ2) is 9.46. The molecule has 2 unspecified atom stereocenters. The Bertz CT molecular complexity index is 1220. The van der Waals surface area contributed by atoms with Gasteiger partial charge in [-0.25, -0.2) is 10.4 Å². The first-order valence-electron chi connectivity index (χ1n) is 11.8. The van der Waals surface area contributed by atoms with Gasteiger partial charge in [0.1, 0.15) is 29.0 Å². The van der Waals surface area contributed by atoms with E-state index in [0.29, 0.717) is 24.6 Å². The van der Waals surface area contributed by atoms with Crippen molar-refractivity contribution in [3.05, 3.63) is 77.9 Å². The van der Waals surface area contributed by atoms with Crippen molar-refractivity contribution < 1.29 is 18.7 Å². The van der Waals surface area contributed by atoms with Crippen LogP contribution in [0.25, 0.3) is 11.5 Å². The van der Waals surface area contributed by atoms with Gasteiger partial charge in [-0.2, -0.15) is 0 Å². The molecule has 1 amide bonds. The van der Waals surface area contributed by atoms with Crippen molar-refractivity contribution in [3.8, 4) is 23.0 Å². The Balaban J connectivity index is 1.26. The standard InChI is InChI=1S/C27H30N4O4/c1-17(2)34-22-11-7-20(8-12-22)26-28-24(18(3)35-26)16-30-13-14-31-25(27(30)32)15-23(29-31)19-5-9-21(33-4)10-6-19/h5-14,17,23,25,29H,15-16H2,1-4H3. The van der Waals surface area contributed by atoms with Crippen molar-refractivity contribution in [2.24, 2.45) is 0 Å². The van der Waals surface area contributed by atoms with Crippen molar-refractivity contribution in [1.82, 2.24) is 20.3 Å². The Morgan fingerprint density at radius 2 is 1.80 bits per heavy atom. The van der Waals surface area contributed by atoms with Gasteiger partial charge in [0.25, 0.3) is 5.91 Å². The number of hydrogen-bond donors (Lipinski definition) is 1. The second-order valence-corrected chi connectivity index (χ2v) is 9.09. The molecule has 3 aromatic rings. The minimum atomic E-state index is -0.271. The van der Waals surface area contributed by atoms with E-state index in [1.165, 1.54) is 0 Å². The number of carbonyl (C=O) groups is 1. The molecule has 0 spiro atoms. The number of ether oxygens (including phenoxy) is 2. The number of amides is 1. The molecule has 1 saturated heterocycles. The largest absolute Gasteiger partial charge is 0.497 e. The van der Waals surface area contributed by atoms with Gasteiger partial charge >= 0.3 is 0 Å². The van der Waals surface area contributed by atoms with Gasteiger partial charge in [-0.05, 0) is 69.2 Å². The quantitative estimate of drug-likeness (QED) is 0.537. The highest BCUT2D eigenvalue weighted by Gasteiger charge is 2.40. The van der Waals surface area contributed by atoms with E-state index in [9.17, 15) is 4.79 Å². The lowest BCUT2D eigenvalue weighted by Crippen LogP contribution is -2.47. The van der Waals surface area contributed by atoms with Gasteiger partial charge < -0.3 is 23.8 Å². The fraction of sp³-hybridized carbons (Fsp3) is 0.333.